The molecule has 0 radical (unpaired) electrons. The van der Waals surface area contributed by atoms with E-state index in [0.29, 0.717) is 24.0 Å². The molecule has 0 bridgehead atoms. The van der Waals surface area contributed by atoms with Crippen molar-refractivity contribution in [3.63, 3.8) is 0 Å². The number of nitrogens with zero attached hydrogens (tertiary/aromatic N) is 2. The molecular formula is C16H26N2O3S. The summed E-state index contributed by atoms with van der Waals surface area (Å²) in [4.78, 5) is 2.57. The van der Waals surface area contributed by atoms with Crippen LogP contribution in [0.2, 0.25) is 0 Å². The van der Waals surface area contributed by atoms with Crippen molar-refractivity contribution in [3.8, 4) is 5.75 Å². The van der Waals surface area contributed by atoms with Crippen LogP contribution in [0.4, 0.5) is 0 Å². The average molecular weight is 326 g/mol. The number of piperidine rings is 1. The monoisotopic (exact) mass is 326 g/mol. The van der Waals surface area contributed by atoms with Crippen molar-refractivity contribution in [1.29, 1.82) is 0 Å². The Hall–Kier alpha value is -1.11. The minimum absolute atomic E-state index is 0.397. The van der Waals surface area contributed by atoms with Gasteiger partial charge in [0.25, 0.3) is 0 Å². The normalized spacial score (nSPS) is 17.9. The number of hydrogen-bond donors (Lipinski definition) is 0. The van der Waals surface area contributed by atoms with Crippen LogP contribution in [0.1, 0.15) is 24.0 Å². The smallest absolute Gasteiger partial charge is 0.243 e. The van der Waals surface area contributed by atoms with Gasteiger partial charge in [-0.3, -0.25) is 0 Å². The molecule has 0 aromatic heterocycles. The fraction of sp³-hybridized carbons (Fsp3) is 0.625. The molecule has 1 heterocycles. The summed E-state index contributed by atoms with van der Waals surface area (Å²) in [6.45, 7) is 4.85. The second-order valence-corrected chi connectivity index (χ2v) is 8.09. The highest BCUT2D eigenvalue weighted by Gasteiger charge is 2.31. The lowest BCUT2D eigenvalue weighted by Crippen LogP contribution is -2.44. The van der Waals surface area contributed by atoms with Crippen molar-refractivity contribution in [1.82, 2.24) is 9.21 Å². The zero-order valence-electron chi connectivity index (χ0n) is 14.1. The van der Waals surface area contributed by atoms with Crippen molar-refractivity contribution >= 4 is 10.0 Å². The van der Waals surface area contributed by atoms with E-state index < -0.39 is 10.0 Å². The van der Waals surface area contributed by atoms with Crippen LogP contribution in [0.15, 0.2) is 17.0 Å². The highest BCUT2D eigenvalue weighted by atomic mass is 32.2. The third-order valence-corrected chi connectivity index (χ3v) is 6.50. The molecule has 1 aliphatic heterocycles. The minimum atomic E-state index is -3.43. The standard InChI is InChI=1S/C16H26N2O3S/c1-12-11-16(13(2)10-15(12)21-5)22(19,20)18-8-6-14(7-9-18)17(3)4/h10-11,14H,6-9H2,1-5H3. The lowest BCUT2D eigenvalue weighted by atomic mass is 10.1. The molecule has 1 saturated heterocycles. The molecule has 22 heavy (non-hydrogen) atoms. The van der Waals surface area contributed by atoms with Crippen molar-refractivity contribution in [2.45, 2.75) is 37.6 Å². The molecule has 1 aromatic carbocycles. The molecule has 1 aliphatic rings. The maximum Gasteiger partial charge on any atom is 0.243 e. The van der Waals surface area contributed by atoms with Gasteiger partial charge < -0.3 is 9.64 Å². The number of benzene rings is 1. The molecular weight excluding hydrogens is 300 g/mol. The Balaban J connectivity index is 2.27. The van der Waals surface area contributed by atoms with Gasteiger partial charge in [0.05, 0.1) is 12.0 Å². The lowest BCUT2D eigenvalue weighted by molar-refractivity contribution is 0.196. The second kappa shape index (κ2) is 6.56. The molecule has 0 unspecified atom stereocenters. The largest absolute Gasteiger partial charge is 0.496 e. The third-order valence-electron chi connectivity index (χ3n) is 4.46. The molecule has 0 aliphatic carbocycles. The number of aryl methyl sites for hydroxylation is 2. The van der Waals surface area contributed by atoms with Gasteiger partial charge in [0, 0.05) is 19.1 Å². The van der Waals surface area contributed by atoms with Crippen LogP contribution in [0, 0.1) is 13.8 Å². The predicted molar refractivity (Wildman–Crippen MR) is 87.9 cm³/mol. The molecule has 1 fully saturated rings. The second-order valence-electron chi connectivity index (χ2n) is 6.19. The van der Waals surface area contributed by atoms with Gasteiger partial charge in [-0.15, -0.1) is 0 Å². The van der Waals surface area contributed by atoms with Gasteiger partial charge in [-0.1, -0.05) is 0 Å². The number of sulfonamides is 1. The van der Waals surface area contributed by atoms with E-state index in [1.165, 1.54) is 0 Å². The van der Waals surface area contributed by atoms with E-state index in [0.717, 1.165) is 29.7 Å². The van der Waals surface area contributed by atoms with Gasteiger partial charge >= 0.3 is 0 Å². The quantitative estimate of drug-likeness (QED) is 0.849. The van der Waals surface area contributed by atoms with Gasteiger partial charge in [-0.2, -0.15) is 4.31 Å². The molecule has 1 aromatic rings. The first-order valence-electron chi connectivity index (χ1n) is 7.59. The maximum atomic E-state index is 12.9. The Labute approximate surface area is 133 Å². The van der Waals surface area contributed by atoms with Crippen LogP contribution in [0.25, 0.3) is 0 Å². The fourth-order valence-electron chi connectivity index (χ4n) is 3.00. The molecule has 6 heteroatoms. The fourth-order valence-corrected chi connectivity index (χ4v) is 4.76. The summed E-state index contributed by atoms with van der Waals surface area (Å²) in [5.74, 6) is 0.725. The first-order valence-corrected chi connectivity index (χ1v) is 9.03. The van der Waals surface area contributed by atoms with Gasteiger partial charge in [0.2, 0.25) is 10.0 Å². The van der Waals surface area contributed by atoms with Gasteiger partial charge in [0.15, 0.2) is 0 Å². The lowest BCUT2D eigenvalue weighted by Gasteiger charge is -2.34. The van der Waals surface area contributed by atoms with Crippen molar-refractivity contribution in [2.24, 2.45) is 0 Å². The average Bonchev–Trinajstić information content (AvgIpc) is 2.49. The van der Waals surface area contributed by atoms with Gasteiger partial charge in [0.1, 0.15) is 5.75 Å². The Bertz CT molecular complexity index is 633. The van der Waals surface area contributed by atoms with Crippen LogP contribution >= 0.6 is 0 Å². The maximum absolute atomic E-state index is 12.9. The highest BCUT2D eigenvalue weighted by Crippen LogP contribution is 2.29. The first kappa shape index (κ1) is 17.2. The Morgan fingerprint density at radius 1 is 1.14 bits per heavy atom. The summed E-state index contributed by atoms with van der Waals surface area (Å²) in [5, 5.41) is 0. The first-order chi connectivity index (χ1) is 10.3. The zero-order chi connectivity index (χ0) is 16.5. The summed E-state index contributed by atoms with van der Waals surface area (Å²) in [6, 6.07) is 3.99. The summed E-state index contributed by atoms with van der Waals surface area (Å²) >= 11 is 0. The van der Waals surface area contributed by atoms with E-state index in [1.807, 2.05) is 27.9 Å². The van der Waals surface area contributed by atoms with E-state index in [1.54, 1.807) is 23.5 Å². The van der Waals surface area contributed by atoms with E-state index in [9.17, 15) is 8.42 Å². The molecule has 0 saturated carbocycles. The van der Waals surface area contributed by atoms with Gasteiger partial charge in [-0.05, 0) is 64.0 Å². The highest BCUT2D eigenvalue weighted by molar-refractivity contribution is 7.89. The van der Waals surface area contributed by atoms with Crippen LogP contribution < -0.4 is 4.74 Å². The molecule has 124 valence electrons. The third kappa shape index (κ3) is 3.29. The van der Waals surface area contributed by atoms with Crippen LogP contribution in [-0.4, -0.2) is 58.0 Å². The Morgan fingerprint density at radius 3 is 2.23 bits per heavy atom. The molecule has 5 nitrogen and oxygen atoms in total. The summed E-state index contributed by atoms with van der Waals surface area (Å²) in [6.07, 6.45) is 1.75. The topological polar surface area (TPSA) is 49.9 Å². The summed E-state index contributed by atoms with van der Waals surface area (Å²) in [7, 11) is 2.26. The van der Waals surface area contributed by atoms with Crippen LogP contribution in [0.5, 0.6) is 5.75 Å². The number of methoxy groups -OCH3 is 1. The molecule has 2 rings (SSSR count). The summed E-state index contributed by atoms with van der Waals surface area (Å²) in [5.41, 5.74) is 1.58. The molecule has 0 spiro atoms. The predicted octanol–water partition coefficient (Wildman–Crippen LogP) is 2.03. The Morgan fingerprint density at radius 2 is 1.73 bits per heavy atom. The van der Waals surface area contributed by atoms with E-state index in [2.05, 4.69) is 4.90 Å². The van der Waals surface area contributed by atoms with E-state index in [4.69, 9.17) is 4.74 Å². The van der Waals surface area contributed by atoms with Crippen molar-refractivity contribution < 1.29 is 13.2 Å². The van der Waals surface area contributed by atoms with E-state index >= 15 is 0 Å². The molecule has 0 amide bonds. The number of ether oxygens (including phenoxy) is 1. The molecule has 0 N–H and O–H groups in total. The number of hydrogen-bond acceptors (Lipinski definition) is 4. The van der Waals surface area contributed by atoms with E-state index in [-0.39, 0.29) is 0 Å². The Kier molecular flexibility index (Phi) is 5.14. The van der Waals surface area contributed by atoms with Crippen molar-refractivity contribution in [3.05, 3.63) is 23.3 Å². The minimum Gasteiger partial charge on any atom is -0.496 e. The van der Waals surface area contributed by atoms with Crippen molar-refractivity contribution in [2.75, 3.05) is 34.3 Å². The zero-order valence-corrected chi connectivity index (χ0v) is 14.9. The SMILES string of the molecule is COc1cc(C)c(S(=O)(=O)N2CCC(N(C)C)CC2)cc1C. The number of rotatable bonds is 4. The van der Waals surface area contributed by atoms with Crippen LogP contribution in [0.3, 0.4) is 0 Å². The summed E-state index contributed by atoms with van der Waals surface area (Å²) < 4.78 is 32.7. The van der Waals surface area contributed by atoms with Gasteiger partial charge in [-0.25, -0.2) is 8.42 Å². The van der Waals surface area contributed by atoms with Crippen LogP contribution in [-0.2, 0) is 10.0 Å². The molecule has 0 atom stereocenters.